The average molecular weight is 213 g/mol. The van der Waals surface area contributed by atoms with Crippen LogP contribution in [0.15, 0.2) is 0 Å². The molecule has 2 rings (SSSR count). The first kappa shape index (κ1) is 11.3. The Balaban J connectivity index is 1.75. The molecule has 0 bridgehead atoms. The average Bonchev–Trinajstić information content (AvgIpc) is 2.17. The van der Waals surface area contributed by atoms with Gasteiger partial charge in [-0.2, -0.15) is 0 Å². The summed E-state index contributed by atoms with van der Waals surface area (Å²) in [6.45, 7) is 10.9. The number of hydrogen-bond acceptors (Lipinski definition) is 4. The molecule has 0 spiro atoms. The number of hydrogen-bond donors (Lipinski definition) is 2. The number of nitrogens with zero attached hydrogens (tertiary/aromatic N) is 1. The zero-order valence-corrected chi connectivity index (χ0v) is 9.83. The lowest BCUT2D eigenvalue weighted by Crippen LogP contribution is -2.54. The van der Waals surface area contributed by atoms with Gasteiger partial charge in [-0.15, -0.1) is 0 Å². The third kappa shape index (κ3) is 3.41. The van der Waals surface area contributed by atoms with Crippen LogP contribution in [0.3, 0.4) is 0 Å². The highest BCUT2D eigenvalue weighted by Gasteiger charge is 2.23. The largest absolute Gasteiger partial charge is 0.371 e. The van der Waals surface area contributed by atoms with Crippen molar-refractivity contribution in [2.75, 3.05) is 39.3 Å². The summed E-state index contributed by atoms with van der Waals surface area (Å²) in [6, 6.07) is 0.618. The van der Waals surface area contributed by atoms with Crippen molar-refractivity contribution in [3.05, 3.63) is 0 Å². The lowest BCUT2D eigenvalue weighted by molar-refractivity contribution is -0.0448. The van der Waals surface area contributed by atoms with Crippen molar-refractivity contribution >= 4 is 0 Å². The summed E-state index contributed by atoms with van der Waals surface area (Å²) in [5.41, 5.74) is 0. The molecular formula is C11H23N3O. The summed E-state index contributed by atoms with van der Waals surface area (Å²) in [5.74, 6) is 0. The molecule has 2 heterocycles. The molecule has 0 aromatic heterocycles. The van der Waals surface area contributed by atoms with Gasteiger partial charge in [0.1, 0.15) is 0 Å². The van der Waals surface area contributed by atoms with Crippen LogP contribution < -0.4 is 10.6 Å². The Morgan fingerprint density at radius 2 is 2.20 bits per heavy atom. The minimum absolute atomic E-state index is 0.365. The van der Waals surface area contributed by atoms with Crippen molar-refractivity contribution in [3.63, 3.8) is 0 Å². The lowest BCUT2D eigenvalue weighted by atomic mass is 10.2. The van der Waals surface area contributed by atoms with Gasteiger partial charge in [0.15, 0.2) is 0 Å². The molecule has 0 saturated carbocycles. The molecule has 0 aliphatic carbocycles. The second kappa shape index (κ2) is 5.25. The molecule has 0 aromatic rings. The molecule has 2 aliphatic heterocycles. The summed E-state index contributed by atoms with van der Waals surface area (Å²) < 4.78 is 5.90. The van der Waals surface area contributed by atoms with E-state index in [1.165, 1.54) is 0 Å². The van der Waals surface area contributed by atoms with E-state index in [1.54, 1.807) is 0 Å². The van der Waals surface area contributed by atoms with Crippen molar-refractivity contribution < 1.29 is 4.74 Å². The quantitative estimate of drug-likeness (QED) is 0.658. The van der Waals surface area contributed by atoms with Crippen molar-refractivity contribution in [1.82, 2.24) is 15.5 Å². The monoisotopic (exact) mass is 213 g/mol. The van der Waals surface area contributed by atoms with Gasteiger partial charge in [0.2, 0.25) is 0 Å². The minimum atomic E-state index is 0.365. The van der Waals surface area contributed by atoms with Crippen LogP contribution in [0.1, 0.15) is 13.8 Å². The topological polar surface area (TPSA) is 36.5 Å². The zero-order chi connectivity index (χ0) is 10.7. The van der Waals surface area contributed by atoms with E-state index in [1.807, 2.05) is 0 Å². The SMILES string of the molecule is C[C@@H]1CNC[C@@H](CN2CCN[C@@H](C)C2)O1. The molecule has 0 aromatic carbocycles. The maximum absolute atomic E-state index is 5.90. The van der Waals surface area contributed by atoms with Crippen LogP contribution in [0.5, 0.6) is 0 Å². The summed E-state index contributed by atoms with van der Waals surface area (Å²) in [7, 11) is 0. The van der Waals surface area contributed by atoms with E-state index in [4.69, 9.17) is 4.74 Å². The van der Waals surface area contributed by atoms with Gasteiger partial charge in [-0.25, -0.2) is 0 Å². The highest BCUT2D eigenvalue weighted by atomic mass is 16.5. The van der Waals surface area contributed by atoms with Crippen LogP contribution >= 0.6 is 0 Å². The fourth-order valence-electron chi connectivity index (χ4n) is 2.45. The van der Waals surface area contributed by atoms with Crippen LogP contribution in [-0.4, -0.2) is 62.4 Å². The minimum Gasteiger partial charge on any atom is -0.371 e. The Morgan fingerprint density at radius 3 is 2.93 bits per heavy atom. The summed E-state index contributed by atoms with van der Waals surface area (Å²) in [4.78, 5) is 2.51. The van der Waals surface area contributed by atoms with Gasteiger partial charge in [0, 0.05) is 45.3 Å². The van der Waals surface area contributed by atoms with Gasteiger partial charge in [-0.1, -0.05) is 0 Å². The third-order valence-corrected chi connectivity index (χ3v) is 3.14. The fourth-order valence-corrected chi connectivity index (χ4v) is 2.45. The fraction of sp³-hybridized carbons (Fsp3) is 1.00. The molecule has 2 saturated heterocycles. The first-order chi connectivity index (χ1) is 7.24. The van der Waals surface area contributed by atoms with Gasteiger partial charge in [0.25, 0.3) is 0 Å². The van der Waals surface area contributed by atoms with Gasteiger partial charge >= 0.3 is 0 Å². The van der Waals surface area contributed by atoms with E-state index < -0.39 is 0 Å². The molecule has 2 fully saturated rings. The molecule has 3 atom stereocenters. The van der Waals surface area contributed by atoms with Gasteiger partial charge < -0.3 is 15.4 Å². The third-order valence-electron chi connectivity index (χ3n) is 3.14. The molecule has 0 radical (unpaired) electrons. The van der Waals surface area contributed by atoms with Crippen LogP contribution in [0, 0.1) is 0 Å². The van der Waals surface area contributed by atoms with E-state index in [9.17, 15) is 0 Å². The normalized spacial score (nSPS) is 39.2. The maximum atomic E-state index is 5.90. The molecule has 4 nitrogen and oxygen atoms in total. The first-order valence-corrected chi connectivity index (χ1v) is 6.06. The smallest absolute Gasteiger partial charge is 0.0830 e. The Bertz CT molecular complexity index is 180. The van der Waals surface area contributed by atoms with Crippen molar-refractivity contribution in [3.8, 4) is 0 Å². The number of piperazine rings is 1. The Kier molecular flexibility index (Phi) is 3.97. The number of nitrogens with one attached hydrogen (secondary N) is 2. The lowest BCUT2D eigenvalue weighted by Gasteiger charge is -2.36. The molecule has 2 aliphatic rings. The van der Waals surface area contributed by atoms with Crippen LogP contribution in [0.2, 0.25) is 0 Å². The molecular weight excluding hydrogens is 190 g/mol. The van der Waals surface area contributed by atoms with E-state index in [0.717, 1.165) is 39.3 Å². The Hall–Kier alpha value is -0.160. The Labute approximate surface area is 92.4 Å². The molecule has 0 amide bonds. The first-order valence-electron chi connectivity index (χ1n) is 6.06. The van der Waals surface area contributed by atoms with E-state index >= 15 is 0 Å². The molecule has 2 N–H and O–H groups in total. The number of ether oxygens (including phenoxy) is 1. The summed E-state index contributed by atoms with van der Waals surface area (Å²) >= 11 is 0. The summed E-state index contributed by atoms with van der Waals surface area (Å²) in [6.07, 6.45) is 0.739. The van der Waals surface area contributed by atoms with E-state index in [0.29, 0.717) is 18.2 Å². The highest BCUT2D eigenvalue weighted by Crippen LogP contribution is 2.07. The van der Waals surface area contributed by atoms with Crippen molar-refractivity contribution in [1.29, 1.82) is 0 Å². The maximum Gasteiger partial charge on any atom is 0.0830 e. The van der Waals surface area contributed by atoms with Crippen LogP contribution in [0.4, 0.5) is 0 Å². The van der Waals surface area contributed by atoms with Crippen LogP contribution in [-0.2, 0) is 4.74 Å². The molecule has 0 unspecified atom stereocenters. The number of rotatable bonds is 2. The second-order valence-electron chi connectivity index (χ2n) is 4.84. The predicted molar refractivity (Wildman–Crippen MR) is 61.1 cm³/mol. The van der Waals surface area contributed by atoms with E-state index in [2.05, 4.69) is 29.4 Å². The zero-order valence-electron chi connectivity index (χ0n) is 9.83. The van der Waals surface area contributed by atoms with Gasteiger partial charge in [-0.05, 0) is 13.8 Å². The number of morpholine rings is 1. The van der Waals surface area contributed by atoms with Crippen LogP contribution in [0.25, 0.3) is 0 Å². The standard InChI is InChI=1S/C11H23N3O/c1-9-7-14(4-3-13-9)8-11-6-12-5-10(2)15-11/h9-13H,3-8H2,1-2H3/t9-,10+,11-/m0/s1. The predicted octanol–water partition coefficient (Wildman–Crippen LogP) is -0.343. The van der Waals surface area contributed by atoms with Gasteiger partial charge in [-0.3, -0.25) is 4.90 Å². The Morgan fingerprint density at radius 1 is 1.33 bits per heavy atom. The molecule has 4 heteroatoms. The van der Waals surface area contributed by atoms with E-state index in [-0.39, 0.29) is 0 Å². The van der Waals surface area contributed by atoms with Gasteiger partial charge in [0.05, 0.1) is 12.2 Å². The summed E-state index contributed by atoms with van der Waals surface area (Å²) in [5, 5.41) is 6.88. The second-order valence-corrected chi connectivity index (χ2v) is 4.84. The molecule has 88 valence electrons. The molecule has 15 heavy (non-hydrogen) atoms. The van der Waals surface area contributed by atoms with Crippen molar-refractivity contribution in [2.45, 2.75) is 32.1 Å². The highest BCUT2D eigenvalue weighted by molar-refractivity contribution is 4.80. The van der Waals surface area contributed by atoms with Crippen molar-refractivity contribution in [2.24, 2.45) is 0 Å².